The van der Waals surface area contributed by atoms with Gasteiger partial charge in [0.15, 0.2) is 0 Å². The molecule has 232 valence electrons. The molecule has 2 aromatic heterocycles. The number of pyridine rings is 1. The van der Waals surface area contributed by atoms with Gasteiger partial charge in [0.25, 0.3) is 0 Å². The molecule has 0 saturated carbocycles. The van der Waals surface area contributed by atoms with E-state index in [1.807, 2.05) is 65.7 Å². The van der Waals surface area contributed by atoms with Gasteiger partial charge >= 0.3 is 0 Å². The van der Waals surface area contributed by atoms with Crippen LogP contribution >= 0.6 is 0 Å². The van der Waals surface area contributed by atoms with Crippen molar-refractivity contribution in [3.8, 4) is 17.3 Å². The Morgan fingerprint density at radius 2 is 1.56 bits per heavy atom. The summed E-state index contributed by atoms with van der Waals surface area (Å²) in [7, 11) is 0. The molecule has 6 aromatic rings. The number of benzene rings is 4. The van der Waals surface area contributed by atoms with Crippen LogP contribution in [0.5, 0.6) is 11.5 Å². The molecule has 0 aliphatic carbocycles. The number of nitrogens with zero attached hydrogens (tertiary/aromatic N) is 4. The molecule has 1 aliphatic heterocycles. The fourth-order valence-corrected chi connectivity index (χ4v) is 5.87. The largest absolute Gasteiger partial charge is 0.509 e. The van der Waals surface area contributed by atoms with Crippen LogP contribution < -0.4 is 14.5 Å². The number of hydrogen-bond acceptors (Lipinski definition) is 4. The van der Waals surface area contributed by atoms with Crippen molar-refractivity contribution >= 4 is 38.9 Å². The zero-order valence-electron chi connectivity index (χ0n) is 29.3. The average Bonchev–Trinajstić information content (AvgIpc) is 3.57. The average molecular weight is 776 g/mol. The Morgan fingerprint density at radius 1 is 0.800 bits per heavy atom. The third-order valence-electron chi connectivity index (χ3n) is 8.20. The molecule has 0 unspecified atom stereocenters. The van der Waals surface area contributed by atoms with Crippen LogP contribution in [0.25, 0.3) is 27.6 Å². The molecule has 6 heteroatoms. The van der Waals surface area contributed by atoms with Crippen molar-refractivity contribution in [1.82, 2.24) is 9.55 Å². The van der Waals surface area contributed by atoms with Gasteiger partial charge in [-0.3, -0.25) is 0 Å². The summed E-state index contributed by atoms with van der Waals surface area (Å²) < 4.78 is 33.1. The Hall–Kier alpha value is -4.08. The van der Waals surface area contributed by atoms with Gasteiger partial charge in [-0.25, -0.2) is 4.98 Å². The molecule has 5 nitrogen and oxygen atoms in total. The third kappa shape index (κ3) is 5.53. The molecule has 0 atom stereocenters. The van der Waals surface area contributed by atoms with Crippen molar-refractivity contribution in [2.45, 2.75) is 52.4 Å². The molecule has 0 saturated heterocycles. The van der Waals surface area contributed by atoms with Gasteiger partial charge in [0, 0.05) is 59.8 Å². The second-order valence-electron chi connectivity index (χ2n) is 13.4. The monoisotopic (exact) mass is 775 g/mol. The molecular weight excluding hydrogens is 736 g/mol. The number of rotatable bonds is 4. The van der Waals surface area contributed by atoms with Crippen LogP contribution in [0.4, 0.5) is 17.1 Å². The van der Waals surface area contributed by atoms with Gasteiger partial charge in [0.1, 0.15) is 5.82 Å². The quantitative estimate of drug-likeness (QED) is 0.167. The van der Waals surface area contributed by atoms with E-state index in [-0.39, 0.29) is 31.9 Å². The fourth-order valence-electron chi connectivity index (χ4n) is 5.87. The van der Waals surface area contributed by atoms with Crippen LogP contribution in [-0.2, 0) is 31.9 Å². The van der Waals surface area contributed by atoms with Crippen molar-refractivity contribution in [1.29, 1.82) is 0 Å². The minimum absolute atomic E-state index is 0. The summed E-state index contributed by atoms with van der Waals surface area (Å²) in [5.41, 5.74) is 5.83. The van der Waals surface area contributed by atoms with Crippen molar-refractivity contribution in [2.24, 2.45) is 0 Å². The first kappa shape index (κ1) is 27.2. The van der Waals surface area contributed by atoms with Gasteiger partial charge in [0.05, 0.1) is 0 Å². The molecule has 0 fully saturated rings. The zero-order valence-corrected chi connectivity index (χ0v) is 28.5. The third-order valence-corrected chi connectivity index (χ3v) is 8.20. The van der Waals surface area contributed by atoms with Crippen LogP contribution in [0.15, 0.2) is 91.1 Å². The van der Waals surface area contributed by atoms with E-state index in [0.717, 1.165) is 38.9 Å². The van der Waals surface area contributed by atoms with Crippen LogP contribution in [0.2, 0.25) is 0 Å². The maximum Gasteiger partial charge on any atom is 0.135 e. The minimum Gasteiger partial charge on any atom is -0.509 e. The van der Waals surface area contributed by atoms with Gasteiger partial charge in [-0.05, 0) is 53.7 Å². The van der Waals surface area contributed by atoms with E-state index in [1.54, 1.807) is 6.67 Å². The maximum absolute atomic E-state index is 8.10. The fraction of sp³-hybridized carbons (Fsp3) is 0.231. The Kier molecular flexibility index (Phi) is 6.89. The first-order valence-electron chi connectivity index (χ1n) is 16.4. The molecule has 0 N–H and O–H groups in total. The van der Waals surface area contributed by atoms with Crippen molar-refractivity contribution < 1.29 is 29.9 Å². The van der Waals surface area contributed by atoms with Crippen molar-refractivity contribution in [3.05, 3.63) is 121 Å². The van der Waals surface area contributed by atoms with E-state index in [9.17, 15) is 0 Å². The van der Waals surface area contributed by atoms with Crippen LogP contribution in [0.3, 0.4) is 0 Å². The molecule has 45 heavy (non-hydrogen) atoms. The summed E-state index contributed by atoms with van der Waals surface area (Å²) in [5, 5.41) is 2.16. The summed E-state index contributed by atoms with van der Waals surface area (Å²) in [6.45, 7) is 12.3. The minimum atomic E-state index is -2.33. The summed E-state index contributed by atoms with van der Waals surface area (Å²) in [5.74, 6) is 1.92. The van der Waals surface area contributed by atoms with Crippen molar-refractivity contribution in [3.63, 3.8) is 0 Å². The number of anilines is 3. The molecule has 3 heterocycles. The molecule has 1 aliphatic rings. The second-order valence-corrected chi connectivity index (χ2v) is 13.4. The normalized spacial score (nSPS) is 14.6. The smallest absolute Gasteiger partial charge is 0.135 e. The van der Waals surface area contributed by atoms with Crippen LogP contribution in [0.1, 0.15) is 56.8 Å². The predicted octanol–water partition coefficient (Wildman–Crippen LogP) is 9.87. The number of para-hydroxylation sites is 3. The molecule has 7 rings (SSSR count). The Morgan fingerprint density at radius 3 is 2.31 bits per heavy atom. The topological polar surface area (TPSA) is 33.5 Å². The SMILES string of the molecule is [2H]C([2H])([2H])N1[CH-]N(c2[c-]c(Oc3[c-]c4c(cc3)c3ccccc3n4-c3cc(C(C)(C)C)ccn3)c(C(C)(C)C)cc2)c2ccccc21.[Pt]. The Bertz CT molecular complexity index is 2140. The van der Waals surface area contributed by atoms with E-state index < -0.39 is 6.98 Å². The van der Waals surface area contributed by atoms with Crippen LogP contribution in [0, 0.1) is 18.8 Å². The number of ether oxygens (including phenoxy) is 1. The number of fused-ring (bicyclic) bond motifs is 4. The van der Waals surface area contributed by atoms with Gasteiger partial charge in [-0.1, -0.05) is 82.8 Å². The van der Waals surface area contributed by atoms with Gasteiger partial charge in [-0.15, -0.1) is 40.9 Å². The predicted molar refractivity (Wildman–Crippen MR) is 181 cm³/mol. The van der Waals surface area contributed by atoms with Gasteiger partial charge < -0.3 is 19.1 Å². The molecular formula is C39H37N4OPt-3. The van der Waals surface area contributed by atoms with Crippen LogP contribution in [-0.4, -0.2) is 16.5 Å². The first-order valence-corrected chi connectivity index (χ1v) is 14.9. The van der Waals surface area contributed by atoms with Crippen molar-refractivity contribution in [2.75, 3.05) is 16.8 Å². The second kappa shape index (κ2) is 11.4. The van der Waals surface area contributed by atoms with Gasteiger partial charge in [-0.2, -0.15) is 18.8 Å². The zero-order chi connectivity index (χ0) is 33.3. The van der Waals surface area contributed by atoms with E-state index in [2.05, 4.69) is 88.6 Å². The number of hydrogen-bond donors (Lipinski definition) is 0. The van der Waals surface area contributed by atoms with Gasteiger partial charge in [0.2, 0.25) is 0 Å². The Balaban J connectivity index is 0.00000401. The standard InChI is InChI=1S/C39H37N4O.Pt/c1-38(2,3)26-20-21-40-37(22-26)43-32-13-9-8-12-29(32)30-18-17-28(24-35(30)43)44-36-23-27(16-19-31(36)39(4,5)6)42-25-41(7)33-14-10-11-15-34(33)42;/h8-22,25H,1-7H3;/q-3;/i7D3;. The molecule has 0 spiro atoms. The number of aromatic nitrogens is 2. The molecule has 4 aromatic carbocycles. The summed E-state index contributed by atoms with van der Waals surface area (Å²) in [6.07, 6.45) is 1.87. The first-order chi connectivity index (χ1) is 22.2. The molecule has 0 radical (unpaired) electrons. The van der Waals surface area contributed by atoms with E-state index in [4.69, 9.17) is 13.8 Å². The summed E-state index contributed by atoms with van der Waals surface area (Å²) in [6, 6.07) is 35.1. The summed E-state index contributed by atoms with van der Waals surface area (Å²) >= 11 is 0. The summed E-state index contributed by atoms with van der Waals surface area (Å²) in [4.78, 5) is 7.96. The van der Waals surface area contributed by atoms with E-state index in [0.29, 0.717) is 22.9 Å². The van der Waals surface area contributed by atoms with E-state index in [1.165, 1.54) is 10.5 Å². The molecule has 0 amide bonds. The Labute approximate surface area is 284 Å². The van der Waals surface area contributed by atoms with E-state index >= 15 is 0 Å². The molecule has 0 bridgehead atoms. The maximum atomic E-state index is 8.10.